The molecule has 2 aromatic rings. The van der Waals surface area contributed by atoms with Gasteiger partial charge in [0.1, 0.15) is 0 Å². The van der Waals surface area contributed by atoms with E-state index in [0.29, 0.717) is 12.3 Å². The molecule has 1 amide bonds. The number of hydrogen-bond donors (Lipinski definition) is 1. The van der Waals surface area contributed by atoms with Crippen LogP contribution >= 0.6 is 12.4 Å². The zero-order valence-electron chi connectivity index (χ0n) is 14.8. The summed E-state index contributed by atoms with van der Waals surface area (Å²) in [4.78, 5) is 14.6. The molecule has 1 atom stereocenters. The van der Waals surface area contributed by atoms with Crippen LogP contribution < -0.4 is 5.32 Å². The standard InChI is InChI=1S/C18H25N5O.ClH/c1-14-17(20-21-23(14)16-8-4-3-5-9-16)11-18(24)22-10-6-7-15(13-22)12-19-2;/h3-5,8-9,15,19H,6-7,10-13H2,1-2H3;1H. The molecule has 0 aliphatic carbocycles. The third-order valence-corrected chi connectivity index (χ3v) is 4.67. The Morgan fingerprint density at radius 2 is 2.08 bits per heavy atom. The number of nitrogens with zero attached hydrogens (tertiary/aromatic N) is 4. The van der Waals surface area contributed by atoms with Gasteiger partial charge in [0.05, 0.1) is 23.5 Å². The summed E-state index contributed by atoms with van der Waals surface area (Å²) in [7, 11) is 1.96. The van der Waals surface area contributed by atoms with Crippen LogP contribution in [0.25, 0.3) is 5.69 Å². The summed E-state index contributed by atoms with van der Waals surface area (Å²) in [5, 5.41) is 11.7. The van der Waals surface area contributed by atoms with Crippen LogP contribution in [0.15, 0.2) is 30.3 Å². The summed E-state index contributed by atoms with van der Waals surface area (Å²) in [5.74, 6) is 0.702. The number of piperidine rings is 1. The highest BCUT2D eigenvalue weighted by Crippen LogP contribution is 2.18. The van der Waals surface area contributed by atoms with E-state index in [2.05, 4.69) is 15.6 Å². The van der Waals surface area contributed by atoms with E-state index in [1.807, 2.05) is 49.2 Å². The van der Waals surface area contributed by atoms with Crippen LogP contribution in [0.4, 0.5) is 0 Å². The van der Waals surface area contributed by atoms with Gasteiger partial charge >= 0.3 is 0 Å². The first kappa shape index (κ1) is 19.4. The Bertz CT molecular complexity index is 686. The van der Waals surface area contributed by atoms with E-state index >= 15 is 0 Å². The van der Waals surface area contributed by atoms with Gasteiger partial charge < -0.3 is 10.2 Å². The molecule has 136 valence electrons. The summed E-state index contributed by atoms with van der Waals surface area (Å²) in [6, 6.07) is 9.88. The number of carbonyl (C=O) groups excluding carboxylic acids is 1. The molecule has 25 heavy (non-hydrogen) atoms. The number of amides is 1. The Morgan fingerprint density at radius 1 is 1.32 bits per heavy atom. The van der Waals surface area contributed by atoms with Crippen LogP contribution in [0.3, 0.4) is 0 Å². The SMILES string of the molecule is CNCC1CCCN(C(=O)Cc2nnn(-c3ccccc3)c2C)C1.Cl. The van der Waals surface area contributed by atoms with Gasteiger partial charge in [-0.25, -0.2) is 4.68 Å². The molecule has 7 heteroatoms. The van der Waals surface area contributed by atoms with E-state index in [-0.39, 0.29) is 18.3 Å². The van der Waals surface area contributed by atoms with Crippen molar-refractivity contribution in [3.8, 4) is 5.69 Å². The van der Waals surface area contributed by atoms with Gasteiger partial charge in [-0.2, -0.15) is 0 Å². The van der Waals surface area contributed by atoms with Gasteiger partial charge in [0.2, 0.25) is 5.91 Å². The molecule has 0 bridgehead atoms. The minimum Gasteiger partial charge on any atom is -0.342 e. The molecule has 0 saturated carbocycles. The first-order chi connectivity index (χ1) is 11.7. The number of hydrogen-bond acceptors (Lipinski definition) is 4. The number of likely N-dealkylation sites (tertiary alicyclic amines) is 1. The van der Waals surface area contributed by atoms with Crippen molar-refractivity contribution < 1.29 is 4.79 Å². The second-order valence-corrected chi connectivity index (χ2v) is 6.45. The van der Waals surface area contributed by atoms with Crippen molar-refractivity contribution in [3.05, 3.63) is 41.7 Å². The first-order valence-corrected chi connectivity index (χ1v) is 8.58. The van der Waals surface area contributed by atoms with Crippen molar-refractivity contribution >= 4 is 18.3 Å². The molecule has 0 radical (unpaired) electrons. The quantitative estimate of drug-likeness (QED) is 0.882. The van der Waals surface area contributed by atoms with Gasteiger partial charge in [-0.3, -0.25) is 4.79 Å². The van der Waals surface area contributed by atoms with E-state index in [1.54, 1.807) is 4.68 Å². The number of nitrogens with one attached hydrogen (secondary N) is 1. The Kier molecular flexibility index (Phi) is 6.96. The normalized spacial score (nSPS) is 17.2. The van der Waals surface area contributed by atoms with Crippen LogP contribution in [0.5, 0.6) is 0 Å². The third kappa shape index (κ3) is 4.58. The Morgan fingerprint density at radius 3 is 2.80 bits per heavy atom. The number of aromatic nitrogens is 3. The maximum atomic E-state index is 12.6. The molecular formula is C18H26ClN5O. The number of rotatable bonds is 5. The van der Waals surface area contributed by atoms with E-state index in [1.165, 1.54) is 6.42 Å². The molecule has 1 aliphatic heterocycles. The fourth-order valence-electron chi connectivity index (χ4n) is 3.34. The van der Waals surface area contributed by atoms with Crippen molar-refractivity contribution in [2.75, 3.05) is 26.7 Å². The van der Waals surface area contributed by atoms with Crippen molar-refractivity contribution in [1.82, 2.24) is 25.2 Å². The van der Waals surface area contributed by atoms with Crippen molar-refractivity contribution in [2.24, 2.45) is 5.92 Å². The number of para-hydroxylation sites is 1. The van der Waals surface area contributed by atoms with Gasteiger partial charge in [0.15, 0.2) is 0 Å². The fraction of sp³-hybridized carbons (Fsp3) is 0.500. The predicted molar refractivity (Wildman–Crippen MR) is 100 cm³/mol. The summed E-state index contributed by atoms with van der Waals surface area (Å²) in [6.07, 6.45) is 2.59. The second kappa shape index (κ2) is 8.97. The van der Waals surface area contributed by atoms with Crippen LogP contribution in [0.1, 0.15) is 24.2 Å². The van der Waals surface area contributed by atoms with Crippen LogP contribution in [0, 0.1) is 12.8 Å². The zero-order chi connectivity index (χ0) is 16.9. The Balaban J connectivity index is 0.00000225. The average Bonchev–Trinajstić information content (AvgIpc) is 2.97. The molecule has 1 aliphatic rings. The molecule has 6 nitrogen and oxygen atoms in total. The lowest BCUT2D eigenvalue weighted by Gasteiger charge is -2.32. The first-order valence-electron chi connectivity index (χ1n) is 8.58. The lowest BCUT2D eigenvalue weighted by atomic mass is 9.97. The molecule has 1 unspecified atom stereocenters. The average molecular weight is 364 g/mol. The van der Waals surface area contributed by atoms with Gasteiger partial charge in [-0.15, -0.1) is 17.5 Å². The largest absolute Gasteiger partial charge is 0.342 e. The molecule has 1 N–H and O–H groups in total. The Labute approximate surface area is 155 Å². The molecule has 1 aromatic carbocycles. The van der Waals surface area contributed by atoms with Gasteiger partial charge in [0, 0.05) is 13.1 Å². The summed E-state index contributed by atoms with van der Waals surface area (Å²) >= 11 is 0. The van der Waals surface area contributed by atoms with Crippen molar-refractivity contribution in [3.63, 3.8) is 0 Å². The minimum absolute atomic E-state index is 0. The third-order valence-electron chi connectivity index (χ3n) is 4.67. The van der Waals surface area contributed by atoms with Crippen molar-refractivity contribution in [1.29, 1.82) is 0 Å². The van der Waals surface area contributed by atoms with Crippen molar-refractivity contribution in [2.45, 2.75) is 26.2 Å². The van der Waals surface area contributed by atoms with E-state index < -0.39 is 0 Å². The highest BCUT2D eigenvalue weighted by atomic mass is 35.5. The Hall–Kier alpha value is -1.92. The minimum atomic E-state index is 0. The molecule has 1 fully saturated rings. The lowest BCUT2D eigenvalue weighted by molar-refractivity contribution is -0.132. The van der Waals surface area contributed by atoms with Gasteiger partial charge in [-0.1, -0.05) is 23.4 Å². The highest BCUT2D eigenvalue weighted by molar-refractivity contribution is 5.85. The van der Waals surface area contributed by atoms with Crippen LogP contribution in [-0.4, -0.2) is 52.5 Å². The maximum absolute atomic E-state index is 12.6. The molecule has 2 heterocycles. The maximum Gasteiger partial charge on any atom is 0.228 e. The van der Waals surface area contributed by atoms with Crippen LogP contribution in [0.2, 0.25) is 0 Å². The predicted octanol–water partition coefficient (Wildman–Crippen LogP) is 2.00. The monoisotopic (exact) mass is 363 g/mol. The smallest absolute Gasteiger partial charge is 0.228 e. The van der Waals surface area contributed by atoms with E-state index in [9.17, 15) is 4.79 Å². The molecular weight excluding hydrogens is 338 g/mol. The molecule has 3 rings (SSSR count). The van der Waals surface area contributed by atoms with E-state index in [4.69, 9.17) is 0 Å². The zero-order valence-corrected chi connectivity index (χ0v) is 15.6. The van der Waals surface area contributed by atoms with Crippen LogP contribution in [-0.2, 0) is 11.2 Å². The summed E-state index contributed by atoms with van der Waals surface area (Å²) in [5.41, 5.74) is 2.66. The molecule has 1 saturated heterocycles. The fourth-order valence-corrected chi connectivity index (χ4v) is 3.34. The topological polar surface area (TPSA) is 63.1 Å². The number of halogens is 1. The number of carbonyl (C=O) groups is 1. The van der Waals surface area contributed by atoms with E-state index in [0.717, 1.165) is 43.1 Å². The number of benzene rings is 1. The second-order valence-electron chi connectivity index (χ2n) is 6.45. The molecule has 0 spiro atoms. The lowest BCUT2D eigenvalue weighted by Crippen LogP contribution is -2.43. The molecule has 1 aromatic heterocycles. The summed E-state index contributed by atoms with van der Waals surface area (Å²) in [6.45, 7) is 4.62. The highest BCUT2D eigenvalue weighted by Gasteiger charge is 2.24. The summed E-state index contributed by atoms with van der Waals surface area (Å²) < 4.78 is 1.79. The van der Waals surface area contributed by atoms with Gasteiger partial charge in [0.25, 0.3) is 0 Å². The van der Waals surface area contributed by atoms with Gasteiger partial charge in [-0.05, 0) is 51.4 Å².